The topological polar surface area (TPSA) is 29.1 Å². The first kappa shape index (κ1) is 13.5. The van der Waals surface area contributed by atoms with Gasteiger partial charge in [0.15, 0.2) is 5.78 Å². The van der Waals surface area contributed by atoms with Crippen LogP contribution in [0.2, 0.25) is 10.0 Å². The van der Waals surface area contributed by atoms with Gasteiger partial charge in [-0.1, -0.05) is 29.3 Å². The average Bonchev–Trinajstić information content (AvgIpc) is 2.23. The van der Waals surface area contributed by atoms with Gasteiger partial charge in [0, 0.05) is 16.5 Å². The lowest BCUT2D eigenvalue weighted by atomic mass is 9.94. The number of benzene rings is 1. The highest BCUT2D eigenvalue weighted by molar-refractivity contribution is 6.36. The Morgan fingerprint density at radius 1 is 1.31 bits per heavy atom. The van der Waals surface area contributed by atoms with Gasteiger partial charge in [0.05, 0.1) is 5.54 Å². The van der Waals surface area contributed by atoms with Crippen LogP contribution in [0.15, 0.2) is 18.2 Å². The monoisotopic (exact) mass is 259 g/mol. The molecule has 0 aliphatic heterocycles. The van der Waals surface area contributed by atoms with Gasteiger partial charge in [-0.05, 0) is 38.6 Å². The Labute approximate surface area is 106 Å². The molecule has 0 atom stereocenters. The van der Waals surface area contributed by atoms with Crippen molar-refractivity contribution in [3.05, 3.63) is 33.8 Å². The summed E-state index contributed by atoms with van der Waals surface area (Å²) in [7, 11) is 1.76. The predicted molar refractivity (Wildman–Crippen MR) is 68.3 cm³/mol. The lowest BCUT2D eigenvalue weighted by molar-refractivity contribution is -0.123. The van der Waals surface area contributed by atoms with E-state index in [1.54, 1.807) is 25.2 Å². The molecule has 0 aliphatic carbocycles. The van der Waals surface area contributed by atoms with Crippen molar-refractivity contribution in [2.24, 2.45) is 0 Å². The molecular formula is C12H15Cl2NO. The Balaban J connectivity index is 2.94. The van der Waals surface area contributed by atoms with E-state index in [1.807, 2.05) is 13.8 Å². The number of carbonyl (C=O) groups is 1. The van der Waals surface area contributed by atoms with Crippen LogP contribution in [0.4, 0.5) is 0 Å². The zero-order chi connectivity index (χ0) is 12.3. The van der Waals surface area contributed by atoms with Crippen LogP contribution < -0.4 is 5.32 Å². The van der Waals surface area contributed by atoms with Crippen LogP contribution in [0.3, 0.4) is 0 Å². The van der Waals surface area contributed by atoms with Gasteiger partial charge in [0.1, 0.15) is 0 Å². The second-order valence-electron chi connectivity index (χ2n) is 4.18. The molecule has 0 aromatic heterocycles. The van der Waals surface area contributed by atoms with Gasteiger partial charge in [-0.3, -0.25) is 4.79 Å². The quantitative estimate of drug-likeness (QED) is 0.901. The predicted octanol–water partition coefficient (Wildman–Crippen LogP) is 3.10. The molecule has 0 aliphatic rings. The molecule has 1 rings (SSSR count). The number of likely N-dealkylation sites (N-methyl/N-ethyl adjacent to an activating group) is 1. The highest BCUT2D eigenvalue weighted by Crippen LogP contribution is 2.26. The largest absolute Gasteiger partial charge is 0.308 e. The van der Waals surface area contributed by atoms with Gasteiger partial charge in [0.25, 0.3) is 0 Å². The molecule has 1 N–H and O–H groups in total. The van der Waals surface area contributed by atoms with Gasteiger partial charge >= 0.3 is 0 Å². The zero-order valence-electron chi connectivity index (χ0n) is 9.60. The molecule has 0 heterocycles. The van der Waals surface area contributed by atoms with Crippen LogP contribution in [0.25, 0.3) is 0 Å². The number of rotatable bonds is 4. The van der Waals surface area contributed by atoms with Crippen LogP contribution in [-0.2, 0) is 11.2 Å². The van der Waals surface area contributed by atoms with E-state index in [1.165, 1.54) is 0 Å². The summed E-state index contributed by atoms with van der Waals surface area (Å²) in [5, 5.41) is 4.03. The Hall–Kier alpha value is -0.570. The van der Waals surface area contributed by atoms with Crippen molar-refractivity contribution in [3.8, 4) is 0 Å². The minimum absolute atomic E-state index is 0.0602. The van der Waals surface area contributed by atoms with Gasteiger partial charge in [-0.2, -0.15) is 0 Å². The van der Waals surface area contributed by atoms with Crippen molar-refractivity contribution < 1.29 is 4.79 Å². The highest BCUT2D eigenvalue weighted by Gasteiger charge is 2.26. The first-order valence-corrected chi connectivity index (χ1v) is 5.79. The lowest BCUT2D eigenvalue weighted by Gasteiger charge is -2.22. The fourth-order valence-corrected chi connectivity index (χ4v) is 1.75. The molecule has 16 heavy (non-hydrogen) atoms. The molecule has 1 aromatic carbocycles. The molecule has 0 bridgehead atoms. The average molecular weight is 260 g/mol. The number of nitrogens with one attached hydrogen (secondary N) is 1. The summed E-state index contributed by atoms with van der Waals surface area (Å²) in [4.78, 5) is 12.0. The van der Waals surface area contributed by atoms with Crippen molar-refractivity contribution in [1.29, 1.82) is 0 Å². The van der Waals surface area contributed by atoms with Crippen LogP contribution in [0, 0.1) is 0 Å². The Morgan fingerprint density at radius 3 is 2.25 bits per heavy atom. The summed E-state index contributed by atoms with van der Waals surface area (Å²) in [5.74, 6) is 0.0602. The highest BCUT2D eigenvalue weighted by atomic mass is 35.5. The zero-order valence-corrected chi connectivity index (χ0v) is 11.1. The molecule has 0 saturated carbocycles. The maximum Gasteiger partial charge on any atom is 0.156 e. The number of Topliss-reactive ketones (excluding diaryl/α,β-unsaturated/α-hetero) is 1. The summed E-state index contributed by atoms with van der Waals surface area (Å²) < 4.78 is 0. The molecule has 0 amide bonds. The van der Waals surface area contributed by atoms with Gasteiger partial charge in [0.2, 0.25) is 0 Å². The molecule has 1 aromatic rings. The molecule has 4 heteroatoms. The summed E-state index contributed by atoms with van der Waals surface area (Å²) in [6.45, 7) is 3.67. The van der Waals surface area contributed by atoms with Crippen molar-refractivity contribution in [1.82, 2.24) is 5.32 Å². The Bertz CT molecular complexity index is 382. The Kier molecular flexibility index (Phi) is 4.36. The van der Waals surface area contributed by atoms with E-state index < -0.39 is 5.54 Å². The van der Waals surface area contributed by atoms with E-state index in [0.29, 0.717) is 15.6 Å². The third-order valence-electron chi connectivity index (χ3n) is 2.72. The van der Waals surface area contributed by atoms with Gasteiger partial charge < -0.3 is 5.32 Å². The molecule has 0 saturated heterocycles. The van der Waals surface area contributed by atoms with E-state index in [-0.39, 0.29) is 12.2 Å². The first-order chi connectivity index (χ1) is 7.38. The fourth-order valence-electron chi connectivity index (χ4n) is 1.22. The summed E-state index contributed by atoms with van der Waals surface area (Å²) in [5.41, 5.74) is 0.127. The van der Waals surface area contributed by atoms with Crippen LogP contribution in [0.1, 0.15) is 19.4 Å². The maximum atomic E-state index is 12.0. The molecule has 2 nitrogen and oxygen atoms in total. The minimum Gasteiger partial charge on any atom is -0.308 e. The lowest BCUT2D eigenvalue weighted by Crippen LogP contribution is -2.45. The number of ketones is 1. The standard InChI is InChI=1S/C12H15Cl2NO/c1-12(2,15-3)11(16)7-8-9(13)5-4-6-10(8)14/h4-6,15H,7H2,1-3H3. The molecule has 0 fully saturated rings. The third-order valence-corrected chi connectivity index (χ3v) is 3.43. The van der Waals surface area contributed by atoms with Crippen LogP contribution >= 0.6 is 23.2 Å². The number of hydrogen-bond donors (Lipinski definition) is 1. The van der Waals surface area contributed by atoms with Crippen LogP contribution in [0.5, 0.6) is 0 Å². The van der Waals surface area contributed by atoms with Crippen molar-refractivity contribution in [3.63, 3.8) is 0 Å². The number of hydrogen-bond acceptors (Lipinski definition) is 2. The number of halogens is 2. The molecule has 0 spiro atoms. The van der Waals surface area contributed by atoms with E-state index >= 15 is 0 Å². The van der Waals surface area contributed by atoms with E-state index in [9.17, 15) is 4.79 Å². The fraction of sp³-hybridized carbons (Fsp3) is 0.417. The third kappa shape index (κ3) is 2.97. The summed E-state index contributed by atoms with van der Waals surface area (Å²) >= 11 is 12.0. The maximum absolute atomic E-state index is 12.0. The SMILES string of the molecule is CNC(C)(C)C(=O)Cc1c(Cl)cccc1Cl. The van der Waals surface area contributed by atoms with E-state index in [0.717, 1.165) is 0 Å². The van der Waals surface area contributed by atoms with Crippen molar-refractivity contribution >= 4 is 29.0 Å². The van der Waals surface area contributed by atoms with E-state index in [4.69, 9.17) is 23.2 Å². The second kappa shape index (κ2) is 5.17. The van der Waals surface area contributed by atoms with Crippen molar-refractivity contribution in [2.75, 3.05) is 7.05 Å². The van der Waals surface area contributed by atoms with Gasteiger partial charge in [-0.15, -0.1) is 0 Å². The molecule has 0 unspecified atom stereocenters. The molecular weight excluding hydrogens is 245 g/mol. The first-order valence-electron chi connectivity index (χ1n) is 5.03. The molecule has 88 valence electrons. The van der Waals surface area contributed by atoms with E-state index in [2.05, 4.69) is 5.32 Å². The van der Waals surface area contributed by atoms with Crippen LogP contribution in [-0.4, -0.2) is 18.4 Å². The van der Waals surface area contributed by atoms with Crippen molar-refractivity contribution in [2.45, 2.75) is 25.8 Å². The summed E-state index contributed by atoms with van der Waals surface area (Å²) in [6.07, 6.45) is 0.242. The smallest absolute Gasteiger partial charge is 0.156 e. The van der Waals surface area contributed by atoms with Gasteiger partial charge in [-0.25, -0.2) is 0 Å². The summed E-state index contributed by atoms with van der Waals surface area (Å²) in [6, 6.07) is 5.24. The Morgan fingerprint density at radius 2 is 1.81 bits per heavy atom. The second-order valence-corrected chi connectivity index (χ2v) is 4.99. The molecule has 0 radical (unpaired) electrons. The normalized spacial score (nSPS) is 11.6. The number of carbonyl (C=O) groups excluding carboxylic acids is 1. The minimum atomic E-state index is -0.567.